The van der Waals surface area contributed by atoms with Gasteiger partial charge in [0.25, 0.3) is 0 Å². The highest BCUT2D eigenvalue weighted by Gasteiger charge is 2.15. The number of amides is 2. The van der Waals surface area contributed by atoms with Gasteiger partial charge in [0.2, 0.25) is 11.8 Å². The van der Waals surface area contributed by atoms with Gasteiger partial charge in [0.15, 0.2) is 0 Å². The average Bonchev–Trinajstić information content (AvgIpc) is 2.15. The molecule has 0 aromatic heterocycles. The van der Waals surface area contributed by atoms with E-state index in [0.29, 0.717) is 0 Å². The van der Waals surface area contributed by atoms with Gasteiger partial charge in [0.05, 0.1) is 6.54 Å². The van der Waals surface area contributed by atoms with E-state index in [0.717, 1.165) is 0 Å². The van der Waals surface area contributed by atoms with E-state index < -0.39 is 17.9 Å². The van der Waals surface area contributed by atoms with Crippen molar-refractivity contribution in [3.8, 4) is 0 Å². The minimum Gasteiger partial charge on any atom is -0.480 e. The smallest absolute Gasteiger partial charge is 0.322 e. The van der Waals surface area contributed by atoms with Crippen molar-refractivity contribution in [2.24, 2.45) is 0 Å². The summed E-state index contributed by atoms with van der Waals surface area (Å²) < 4.78 is 0. The SMILES string of the molecule is CN[C@@H](CNC(=O)CNC(C)=O)C(=O)O. The van der Waals surface area contributed by atoms with Crippen LogP contribution in [0, 0.1) is 0 Å². The molecule has 15 heavy (non-hydrogen) atoms. The maximum atomic E-state index is 11.0. The first-order chi connectivity index (χ1) is 6.97. The molecular weight excluding hydrogens is 202 g/mol. The number of likely N-dealkylation sites (N-methyl/N-ethyl adjacent to an activating group) is 1. The molecule has 0 saturated heterocycles. The van der Waals surface area contributed by atoms with Gasteiger partial charge >= 0.3 is 5.97 Å². The number of hydrogen-bond acceptors (Lipinski definition) is 4. The molecule has 0 aliphatic heterocycles. The number of aliphatic carboxylic acids is 1. The van der Waals surface area contributed by atoms with E-state index in [-0.39, 0.29) is 19.0 Å². The van der Waals surface area contributed by atoms with Crippen LogP contribution in [0.25, 0.3) is 0 Å². The third-order valence-corrected chi connectivity index (χ3v) is 1.65. The van der Waals surface area contributed by atoms with Gasteiger partial charge in [-0.15, -0.1) is 0 Å². The van der Waals surface area contributed by atoms with Crippen LogP contribution in [-0.4, -0.2) is 49.1 Å². The fourth-order valence-corrected chi connectivity index (χ4v) is 0.796. The second-order valence-electron chi connectivity index (χ2n) is 2.89. The van der Waals surface area contributed by atoms with Crippen LogP contribution in [0.3, 0.4) is 0 Å². The first kappa shape index (κ1) is 13.4. The summed E-state index contributed by atoms with van der Waals surface area (Å²) in [5.74, 6) is -1.78. The Bertz CT molecular complexity index is 254. The fourth-order valence-electron chi connectivity index (χ4n) is 0.796. The summed E-state index contributed by atoms with van der Waals surface area (Å²) in [5, 5.41) is 15.8. The van der Waals surface area contributed by atoms with E-state index in [4.69, 9.17) is 5.11 Å². The highest BCUT2D eigenvalue weighted by atomic mass is 16.4. The van der Waals surface area contributed by atoms with Crippen molar-refractivity contribution in [3.05, 3.63) is 0 Å². The van der Waals surface area contributed by atoms with Crippen molar-refractivity contribution in [1.82, 2.24) is 16.0 Å². The molecule has 0 aromatic carbocycles. The molecule has 0 saturated carbocycles. The van der Waals surface area contributed by atoms with Gasteiger partial charge in [-0.3, -0.25) is 14.4 Å². The average molecular weight is 217 g/mol. The second kappa shape index (κ2) is 6.77. The number of hydrogen-bond donors (Lipinski definition) is 4. The number of carboxylic acids is 1. The van der Waals surface area contributed by atoms with Crippen molar-refractivity contribution in [2.45, 2.75) is 13.0 Å². The maximum Gasteiger partial charge on any atom is 0.322 e. The normalized spacial score (nSPS) is 11.6. The Morgan fingerprint density at radius 2 is 1.87 bits per heavy atom. The Balaban J connectivity index is 3.78. The Morgan fingerprint density at radius 3 is 2.27 bits per heavy atom. The van der Waals surface area contributed by atoms with Crippen molar-refractivity contribution in [2.75, 3.05) is 20.1 Å². The zero-order valence-corrected chi connectivity index (χ0v) is 8.66. The Kier molecular flexibility index (Phi) is 6.03. The largest absolute Gasteiger partial charge is 0.480 e. The van der Waals surface area contributed by atoms with E-state index in [1.165, 1.54) is 14.0 Å². The monoisotopic (exact) mass is 217 g/mol. The van der Waals surface area contributed by atoms with Crippen molar-refractivity contribution in [3.63, 3.8) is 0 Å². The summed E-state index contributed by atoms with van der Waals surface area (Å²) in [5.41, 5.74) is 0. The van der Waals surface area contributed by atoms with E-state index >= 15 is 0 Å². The first-order valence-electron chi connectivity index (χ1n) is 4.38. The predicted octanol–water partition coefficient (Wildman–Crippen LogP) is -2.09. The van der Waals surface area contributed by atoms with Gasteiger partial charge in [-0.1, -0.05) is 0 Å². The lowest BCUT2D eigenvalue weighted by molar-refractivity contribution is -0.139. The summed E-state index contributed by atoms with van der Waals surface area (Å²) in [6.07, 6.45) is 0. The van der Waals surface area contributed by atoms with Crippen LogP contribution in [0.15, 0.2) is 0 Å². The lowest BCUT2D eigenvalue weighted by Crippen LogP contribution is -2.46. The number of carboxylic acid groups (broad SMARTS) is 1. The van der Waals surface area contributed by atoms with Crippen molar-refractivity contribution in [1.29, 1.82) is 0 Å². The molecular formula is C8H15N3O4. The Hall–Kier alpha value is -1.63. The number of carbonyl (C=O) groups is 3. The molecule has 0 radical (unpaired) electrons. The molecule has 7 heteroatoms. The minimum atomic E-state index is -1.04. The second-order valence-corrected chi connectivity index (χ2v) is 2.89. The van der Waals surface area contributed by atoms with E-state index in [1.54, 1.807) is 0 Å². The van der Waals surface area contributed by atoms with Gasteiger partial charge in [-0.05, 0) is 7.05 Å². The van der Waals surface area contributed by atoms with Gasteiger partial charge in [0.1, 0.15) is 6.04 Å². The van der Waals surface area contributed by atoms with Gasteiger partial charge < -0.3 is 21.1 Å². The van der Waals surface area contributed by atoms with E-state index in [9.17, 15) is 14.4 Å². The van der Waals surface area contributed by atoms with Crippen LogP contribution >= 0.6 is 0 Å². The molecule has 0 bridgehead atoms. The predicted molar refractivity (Wildman–Crippen MR) is 52.2 cm³/mol. The number of nitrogens with one attached hydrogen (secondary N) is 3. The van der Waals surface area contributed by atoms with Crippen LogP contribution in [0.5, 0.6) is 0 Å². The molecule has 0 spiro atoms. The van der Waals surface area contributed by atoms with E-state index in [2.05, 4.69) is 16.0 Å². The Labute approximate surface area is 87.2 Å². The summed E-state index contributed by atoms with van der Waals surface area (Å²) >= 11 is 0. The third-order valence-electron chi connectivity index (χ3n) is 1.65. The lowest BCUT2D eigenvalue weighted by Gasteiger charge is -2.12. The molecule has 0 aliphatic rings. The maximum absolute atomic E-state index is 11.0. The zero-order valence-electron chi connectivity index (χ0n) is 8.66. The topological polar surface area (TPSA) is 108 Å². The summed E-state index contributed by atoms with van der Waals surface area (Å²) in [6.45, 7) is 1.12. The third kappa shape index (κ3) is 6.44. The van der Waals surface area contributed by atoms with Crippen LogP contribution in [0.1, 0.15) is 6.92 Å². The standard InChI is InChI=1S/C8H15N3O4/c1-5(12)10-4-7(13)11-3-6(9-2)8(14)15/h6,9H,3-4H2,1-2H3,(H,10,12)(H,11,13)(H,14,15)/t6-/m0/s1. The van der Waals surface area contributed by atoms with Crippen LogP contribution in [0.2, 0.25) is 0 Å². The molecule has 0 fully saturated rings. The number of rotatable bonds is 6. The summed E-state index contributed by atoms with van der Waals surface area (Å²) in [7, 11) is 1.48. The number of carbonyl (C=O) groups excluding carboxylic acids is 2. The quantitative estimate of drug-likeness (QED) is 0.408. The van der Waals surface area contributed by atoms with Gasteiger partial charge in [-0.25, -0.2) is 0 Å². The Morgan fingerprint density at radius 1 is 1.27 bits per heavy atom. The first-order valence-corrected chi connectivity index (χ1v) is 4.38. The highest BCUT2D eigenvalue weighted by Crippen LogP contribution is 1.79. The van der Waals surface area contributed by atoms with Crippen LogP contribution in [-0.2, 0) is 14.4 Å². The van der Waals surface area contributed by atoms with Crippen LogP contribution < -0.4 is 16.0 Å². The van der Waals surface area contributed by atoms with Gasteiger partial charge in [0, 0.05) is 13.5 Å². The highest BCUT2D eigenvalue weighted by molar-refractivity contribution is 5.84. The molecule has 0 aliphatic carbocycles. The molecule has 86 valence electrons. The molecule has 0 aromatic rings. The molecule has 0 heterocycles. The molecule has 7 nitrogen and oxygen atoms in total. The molecule has 1 atom stereocenters. The molecule has 0 unspecified atom stereocenters. The van der Waals surface area contributed by atoms with E-state index in [1.807, 2.05) is 0 Å². The van der Waals surface area contributed by atoms with Crippen molar-refractivity contribution < 1.29 is 19.5 Å². The van der Waals surface area contributed by atoms with Crippen molar-refractivity contribution >= 4 is 17.8 Å². The molecule has 2 amide bonds. The molecule has 4 N–H and O–H groups in total. The molecule has 0 rings (SSSR count). The zero-order chi connectivity index (χ0) is 11.8. The summed E-state index contributed by atoms with van der Waals surface area (Å²) in [6, 6.07) is -0.828. The minimum absolute atomic E-state index is 0.0236. The lowest BCUT2D eigenvalue weighted by atomic mass is 10.3. The van der Waals surface area contributed by atoms with Gasteiger partial charge in [-0.2, -0.15) is 0 Å². The summed E-state index contributed by atoms with van der Waals surface area (Å²) in [4.78, 5) is 32.0. The van der Waals surface area contributed by atoms with Crippen LogP contribution in [0.4, 0.5) is 0 Å². The fraction of sp³-hybridized carbons (Fsp3) is 0.625.